The summed E-state index contributed by atoms with van der Waals surface area (Å²) in [5.74, 6) is -0.0475. The molecule has 118 valence electrons. The van der Waals surface area contributed by atoms with Crippen LogP contribution < -0.4 is 5.32 Å². The summed E-state index contributed by atoms with van der Waals surface area (Å²) in [7, 11) is 0. The van der Waals surface area contributed by atoms with Gasteiger partial charge in [-0.1, -0.05) is 49.3 Å². The van der Waals surface area contributed by atoms with Crippen molar-refractivity contribution in [1.82, 2.24) is 15.5 Å². The van der Waals surface area contributed by atoms with Crippen molar-refractivity contribution in [1.29, 1.82) is 0 Å². The van der Waals surface area contributed by atoms with Gasteiger partial charge in [-0.15, -0.1) is 0 Å². The number of aliphatic hydroxyl groups excluding tert-OH is 1. The third-order valence-electron chi connectivity index (χ3n) is 3.75. The molecule has 1 unspecified atom stereocenters. The van der Waals surface area contributed by atoms with E-state index < -0.39 is 0 Å². The third-order valence-corrected chi connectivity index (χ3v) is 3.75. The monoisotopic (exact) mass is 303 g/mol. The minimum absolute atomic E-state index is 0.0176. The molecule has 2 aromatic rings. The molecule has 1 aromatic heterocycles. The van der Waals surface area contributed by atoms with Gasteiger partial charge in [-0.25, -0.2) is 0 Å². The van der Waals surface area contributed by atoms with Crippen LogP contribution in [0.2, 0.25) is 0 Å². The average Bonchev–Trinajstić information content (AvgIpc) is 2.95. The van der Waals surface area contributed by atoms with E-state index in [9.17, 15) is 9.90 Å². The fourth-order valence-electron chi connectivity index (χ4n) is 2.31. The lowest BCUT2D eigenvalue weighted by molar-refractivity contribution is 0.0907. The molecule has 6 nitrogen and oxygen atoms in total. The number of aryl methyl sites for hydroxylation is 1. The third kappa shape index (κ3) is 3.71. The van der Waals surface area contributed by atoms with Gasteiger partial charge >= 0.3 is 0 Å². The number of nitrogens with one attached hydrogen (secondary N) is 1. The van der Waals surface area contributed by atoms with Crippen LogP contribution in [0, 0.1) is 12.3 Å². The zero-order valence-electron chi connectivity index (χ0n) is 13.0. The van der Waals surface area contributed by atoms with Crippen molar-refractivity contribution >= 4 is 5.91 Å². The van der Waals surface area contributed by atoms with Crippen LogP contribution in [0.4, 0.5) is 0 Å². The van der Waals surface area contributed by atoms with Gasteiger partial charge < -0.3 is 14.9 Å². The Bertz CT molecular complexity index is 623. The van der Waals surface area contributed by atoms with Gasteiger partial charge in [0.15, 0.2) is 0 Å². The predicted octanol–water partition coefficient (Wildman–Crippen LogP) is 1.91. The molecule has 1 aromatic carbocycles. The number of aromatic nitrogens is 2. The Morgan fingerprint density at radius 2 is 2.05 bits per heavy atom. The highest BCUT2D eigenvalue weighted by Crippen LogP contribution is 2.34. The number of amides is 1. The molecule has 1 amide bonds. The molecule has 22 heavy (non-hydrogen) atoms. The Morgan fingerprint density at radius 3 is 2.59 bits per heavy atom. The first kappa shape index (κ1) is 16.2. The quantitative estimate of drug-likeness (QED) is 0.851. The lowest BCUT2D eigenvalue weighted by Gasteiger charge is -2.33. The number of carbonyl (C=O) groups excluding carboxylic acids is 1. The largest absolute Gasteiger partial charge is 0.396 e. The molecule has 1 atom stereocenters. The summed E-state index contributed by atoms with van der Waals surface area (Å²) < 4.78 is 4.80. The van der Waals surface area contributed by atoms with E-state index in [-0.39, 0.29) is 29.7 Å². The Labute approximate surface area is 129 Å². The summed E-state index contributed by atoms with van der Waals surface area (Å²) >= 11 is 0. The van der Waals surface area contributed by atoms with E-state index in [0.29, 0.717) is 12.4 Å². The molecule has 0 saturated carbocycles. The SMILES string of the molecule is Cc1nc(C(=O)NCC(c2ccccc2)C(C)(C)CO)no1. The highest BCUT2D eigenvalue weighted by Gasteiger charge is 2.31. The van der Waals surface area contributed by atoms with Gasteiger partial charge in [0.2, 0.25) is 5.89 Å². The van der Waals surface area contributed by atoms with Crippen molar-refractivity contribution in [3.63, 3.8) is 0 Å². The number of rotatable bonds is 6. The number of hydrogen-bond donors (Lipinski definition) is 2. The number of benzene rings is 1. The summed E-state index contributed by atoms with van der Waals surface area (Å²) in [5.41, 5.74) is 0.688. The Morgan fingerprint density at radius 1 is 1.36 bits per heavy atom. The summed E-state index contributed by atoms with van der Waals surface area (Å²) in [5, 5.41) is 16.1. The standard InChI is InChI=1S/C16H21N3O3/c1-11-18-14(19-22-11)15(21)17-9-13(16(2,3)10-20)12-7-5-4-6-8-12/h4-8,13,20H,9-10H2,1-3H3,(H,17,21). The molecular weight excluding hydrogens is 282 g/mol. The summed E-state index contributed by atoms with van der Waals surface area (Å²) in [6, 6.07) is 9.81. The highest BCUT2D eigenvalue weighted by atomic mass is 16.5. The van der Waals surface area contributed by atoms with Gasteiger partial charge in [0, 0.05) is 26.0 Å². The lowest BCUT2D eigenvalue weighted by Crippen LogP contribution is -2.37. The molecule has 6 heteroatoms. The zero-order valence-corrected chi connectivity index (χ0v) is 13.0. The van der Waals surface area contributed by atoms with Crippen LogP contribution in [0.1, 0.15) is 41.8 Å². The molecule has 1 heterocycles. The highest BCUT2D eigenvalue weighted by molar-refractivity contribution is 5.90. The fraction of sp³-hybridized carbons (Fsp3) is 0.438. The second-order valence-electron chi connectivity index (χ2n) is 5.96. The van der Waals surface area contributed by atoms with Crippen LogP contribution in [0.15, 0.2) is 34.9 Å². The van der Waals surface area contributed by atoms with Gasteiger partial charge in [-0.05, 0) is 11.0 Å². The topological polar surface area (TPSA) is 88.2 Å². The van der Waals surface area contributed by atoms with Crippen molar-refractivity contribution in [2.75, 3.05) is 13.2 Å². The van der Waals surface area contributed by atoms with E-state index in [2.05, 4.69) is 15.5 Å². The zero-order chi connectivity index (χ0) is 16.2. The van der Waals surface area contributed by atoms with Crippen LogP contribution in [-0.4, -0.2) is 34.3 Å². The molecule has 0 aliphatic rings. The van der Waals surface area contributed by atoms with Crippen molar-refractivity contribution in [2.24, 2.45) is 5.41 Å². The van der Waals surface area contributed by atoms with Gasteiger partial charge in [-0.2, -0.15) is 4.98 Å². The van der Waals surface area contributed by atoms with E-state index in [1.807, 2.05) is 44.2 Å². The van der Waals surface area contributed by atoms with E-state index in [1.165, 1.54) is 0 Å². The number of carbonyl (C=O) groups is 1. The molecule has 0 aliphatic carbocycles. The Kier molecular flexibility index (Phi) is 4.92. The second kappa shape index (κ2) is 6.70. The molecule has 0 saturated heterocycles. The molecule has 0 bridgehead atoms. The molecular formula is C16H21N3O3. The smallest absolute Gasteiger partial charge is 0.292 e. The normalized spacial score (nSPS) is 12.9. The Balaban J connectivity index is 2.12. The molecule has 0 spiro atoms. The van der Waals surface area contributed by atoms with E-state index in [1.54, 1.807) is 6.92 Å². The van der Waals surface area contributed by atoms with Crippen LogP contribution in [-0.2, 0) is 0 Å². The van der Waals surface area contributed by atoms with Crippen LogP contribution in [0.3, 0.4) is 0 Å². The first-order valence-electron chi connectivity index (χ1n) is 7.18. The minimum Gasteiger partial charge on any atom is -0.396 e. The average molecular weight is 303 g/mol. The predicted molar refractivity (Wildman–Crippen MR) is 81.4 cm³/mol. The van der Waals surface area contributed by atoms with Crippen LogP contribution in [0.25, 0.3) is 0 Å². The maximum absolute atomic E-state index is 12.1. The van der Waals surface area contributed by atoms with Crippen LogP contribution in [0.5, 0.6) is 0 Å². The molecule has 0 radical (unpaired) electrons. The fourth-order valence-corrected chi connectivity index (χ4v) is 2.31. The number of aliphatic hydroxyl groups is 1. The van der Waals surface area contributed by atoms with Crippen molar-refractivity contribution in [2.45, 2.75) is 26.7 Å². The van der Waals surface area contributed by atoms with Gasteiger partial charge in [0.05, 0.1) is 0 Å². The van der Waals surface area contributed by atoms with Gasteiger partial charge in [0.25, 0.3) is 11.7 Å². The van der Waals surface area contributed by atoms with E-state index in [0.717, 1.165) is 5.56 Å². The minimum atomic E-state index is -0.383. The summed E-state index contributed by atoms with van der Waals surface area (Å²) in [4.78, 5) is 16.0. The summed E-state index contributed by atoms with van der Waals surface area (Å²) in [6.45, 7) is 5.96. The summed E-state index contributed by atoms with van der Waals surface area (Å²) in [6.07, 6.45) is 0. The molecule has 0 aliphatic heterocycles. The van der Waals surface area contributed by atoms with E-state index in [4.69, 9.17) is 4.52 Å². The maximum atomic E-state index is 12.1. The Hall–Kier alpha value is -2.21. The molecule has 2 rings (SSSR count). The first-order chi connectivity index (χ1) is 10.4. The first-order valence-corrected chi connectivity index (χ1v) is 7.18. The van der Waals surface area contributed by atoms with Gasteiger partial charge in [-0.3, -0.25) is 4.79 Å². The number of hydrogen-bond acceptors (Lipinski definition) is 5. The lowest BCUT2D eigenvalue weighted by atomic mass is 9.75. The number of nitrogens with zero attached hydrogens (tertiary/aromatic N) is 2. The molecule has 2 N–H and O–H groups in total. The maximum Gasteiger partial charge on any atom is 0.292 e. The van der Waals surface area contributed by atoms with Gasteiger partial charge in [0.1, 0.15) is 0 Å². The molecule has 0 fully saturated rings. The van der Waals surface area contributed by atoms with Crippen LogP contribution >= 0.6 is 0 Å². The second-order valence-corrected chi connectivity index (χ2v) is 5.96. The van der Waals surface area contributed by atoms with E-state index >= 15 is 0 Å². The van der Waals surface area contributed by atoms with Crippen molar-refractivity contribution in [3.8, 4) is 0 Å². The van der Waals surface area contributed by atoms with Crippen molar-refractivity contribution < 1.29 is 14.4 Å². The van der Waals surface area contributed by atoms with Crippen molar-refractivity contribution in [3.05, 3.63) is 47.6 Å².